The van der Waals surface area contributed by atoms with Crippen molar-refractivity contribution in [2.24, 2.45) is 10.8 Å². The zero-order chi connectivity index (χ0) is 35.4. The fourth-order valence-corrected chi connectivity index (χ4v) is 7.11. The summed E-state index contributed by atoms with van der Waals surface area (Å²) in [5.74, 6) is -0.530. The third-order valence-electron chi connectivity index (χ3n) is 9.26. The minimum atomic E-state index is -1.66. The number of esters is 2. The normalized spacial score (nSPS) is 33.8. The van der Waals surface area contributed by atoms with Gasteiger partial charge in [0.15, 0.2) is 0 Å². The van der Waals surface area contributed by atoms with Gasteiger partial charge in [-0.3, -0.25) is 4.79 Å². The number of aliphatic hydroxyl groups is 4. The summed E-state index contributed by atoms with van der Waals surface area (Å²) in [6.45, 7) is 16.0. The standard InChI is InChI=1S/C39H52O8/c1-26(16-17-33-35(4,5)24-32(46-28(3)40)25-37(33,8)43)14-12-10-11-13-15-27(2)20-31-21-29(34(42)47-31)18-19-39(45)36(6,7)22-30(41)23-38(39,9)44/h10-16,18-21,30,32,41,43-45H,22-25H2,1-9H3. The fourth-order valence-electron chi connectivity index (χ4n) is 7.11. The topological polar surface area (TPSA) is 134 Å². The lowest BCUT2D eigenvalue weighted by Gasteiger charge is -2.54. The Morgan fingerprint density at radius 1 is 0.915 bits per heavy atom. The van der Waals surface area contributed by atoms with Crippen molar-refractivity contribution in [1.29, 1.82) is 0 Å². The molecule has 256 valence electrons. The summed E-state index contributed by atoms with van der Waals surface area (Å²) in [6.07, 6.45) is 19.6. The Bertz CT molecular complexity index is 1470. The van der Waals surface area contributed by atoms with E-state index >= 15 is 0 Å². The van der Waals surface area contributed by atoms with Crippen LogP contribution in [0.3, 0.4) is 0 Å². The monoisotopic (exact) mass is 648 g/mol. The third-order valence-corrected chi connectivity index (χ3v) is 9.26. The van der Waals surface area contributed by atoms with E-state index in [-0.39, 0.29) is 29.5 Å². The first-order chi connectivity index (χ1) is 21.6. The lowest BCUT2D eigenvalue weighted by molar-refractivity contribution is -0.216. The lowest BCUT2D eigenvalue weighted by atomic mass is 9.57. The first-order valence-electron chi connectivity index (χ1n) is 16.1. The number of carbonyl (C=O) groups is 2. The third kappa shape index (κ3) is 9.31. The summed E-state index contributed by atoms with van der Waals surface area (Å²) in [6, 6.07) is 0. The minimum Gasteiger partial charge on any atom is -0.462 e. The van der Waals surface area contributed by atoms with Crippen molar-refractivity contribution < 1.29 is 39.5 Å². The summed E-state index contributed by atoms with van der Waals surface area (Å²) >= 11 is 0. The second-order valence-corrected chi connectivity index (χ2v) is 14.9. The first kappa shape index (κ1) is 37.9. The highest BCUT2D eigenvalue weighted by Crippen LogP contribution is 2.50. The molecule has 0 spiro atoms. The molecule has 4 N–H and O–H groups in total. The molecule has 47 heavy (non-hydrogen) atoms. The van der Waals surface area contributed by atoms with Gasteiger partial charge in [-0.2, -0.15) is 0 Å². The number of carbonyl (C=O) groups excluding carboxylic acids is 2. The van der Waals surface area contributed by atoms with Crippen LogP contribution >= 0.6 is 0 Å². The molecule has 0 saturated heterocycles. The van der Waals surface area contributed by atoms with E-state index in [1.807, 2.05) is 70.2 Å². The SMILES string of the molecule is CC(=O)OC1CC(C)(C)C(=C=CC(C)=CC=CC=CC=C(C)C=C2C=C(C=CC3(O)C(C)(C)CC(O)CC3(C)O)C(=O)O2)C(C)(O)C1. The van der Waals surface area contributed by atoms with Gasteiger partial charge < -0.3 is 29.9 Å². The Balaban J connectivity index is 1.65. The van der Waals surface area contributed by atoms with Gasteiger partial charge >= 0.3 is 11.9 Å². The second-order valence-electron chi connectivity index (χ2n) is 14.9. The average molecular weight is 649 g/mol. The highest BCUT2D eigenvalue weighted by molar-refractivity contribution is 5.95. The molecule has 0 amide bonds. The predicted molar refractivity (Wildman–Crippen MR) is 183 cm³/mol. The van der Waals surface area contributed by atoms with Gasteiger partial charge in [-0.05, 0) is 87.5 Å². The Labute approximate surface area is 279 Å². The molecule has 3 rings (SSSR count). The number of hydrogen-bond acceptors (Lipinski definition) is 8. The number of rotatable bonds is 8. The van der Waals surface area contributed by atoms with Crippen LogP contribution in [0.5, 0.6) is 0 Å². The molecule has 8 nitrogen and oxygen atoms in total. The van der Waals surface area contributed by atoms with E-state index < -0.39 is 34.3 Å². The Morgan fingerprint density at radius 3 is 2.11 bits per heavy atom. The van der Waals surface area contributed by atoms with Crippen LogP contribution in [0.4, 0.5) is 0 Å². The van der Waals surface area contributed by atoms with Crippen molar-refractivity contribution in [2.45, 2.75) is 117 Å². The minimum absolute atomic E-state index is 0.0218. The fraction of sp³-hybridized carbons (Fsp3) is 0.513. The van der Waals surface area contributed by atoms with Gasteiger partial charge in [-0.1, -0.05) is 64.2 Å². The van der Waals surface area contributed by atoms with E-state index in [0.29, 0.717) is 25.0 Å². The van der Waals surface area contributed by atoms with E-state index in [2.05, 4.69) is 5.73 Å². The molecule has 3 aliphatic rings. The molecule has 2 aliphatic carbocycles. The highest BCUT2D eigenvalue weighted by atomic mass is 16.5. The largest absolute Gasteiger partial charge is 0.462 e. The van der Waals surface area contributed by atoms with Crippen molar-refractivity contribution in [3.63, 3.8) is 0 Å². The molecular weight excluding hydrogens is 596 g/mol. The van der Waals surface area contributed by atoms with Crippen molar-refractivity contribution in [2.75, 3.05) is 0 Å². The van der Waals surface area contributed by atoms with E-state index in [9.17, 15) is 30.0 Å². The molecule has 2 saturated carbocycles. The number of aliphatic hydroxyl groups excluding tert-OH is 1. The molecule has 8 heteroatoms. The van der Waals surface area contributed by atoms with Gasteiger partial charge in [0.25, 0.3) is 0 Å². The maximum absolute atomic E-state index is 12.5. The summed E-state index contributed by atoms with van der Waals surface area (Å²) < 4.78 is 10.8. The summed E-state index contributed by atoms with van der Waals surface area (Å²) in [7, 11) is 0. The van der Waals surface area contributed by atoms with Crippen molar-refractivity contribution >= 4 is 11.9 Å². The summed E-state index contributed by atoms with van der Waals surface area (Å²) in [5, 5.41) is 43.7. The molecular formula is C39H52O8. The molecule has 5 unspecified atom stereocenters. The van der Waals surface area contributed by atoms with Crippen LogP contribution in [0.1, 0.15) is 88.0 Å². The molecule has 1 aliphatic heterocycles. The van der Waals surface area contributed by atoms with Crippen LogP contribution in [-0.4, -0.2) is 61.4 Å². The van der Waals surface area contributed by atoms with Crippen molar-refractivity contribution in [3.8, 4) is 0 Å². The van der Waals surface area contributed by atoms with Gasteiger partial charge in [-0.15, -0.1) is 5.73 Å². The van der Waals surface area contributed by atoms with Crippen LogP contribution in [-0.2, 0) is 19.1 Å². The Morgan fingerprint density at radius 2 is 1.53 bits per heavy atom. The smallest absolute Gasteiger partial charge is 0.343 e. The number of cyclic esters (lactones) is 1. The van der Waals surface area contributed by atoms with E-state index in [1.165, 1.54) is 26.0 Å². The number of hydrogen-bond donors (Lipinski definition) is 4. The molecule has 2 fully saturated rings. The van der Waals surface area contributed by atoms with E-state index in [4.69, 9.17) is 9.47 Å². The average Bonchev–Trinajstić information content (AvgIpc) is 3.24. The van der Waals surface area contributed by atoms with E-state index in [1.54, 1.807) is 32.9 Å². The number of allylic oxidation sites excluding steroid dienone is 10. The second kappa shape index (κ2) is 14.3. The molecule has 0 aromatic heterocycles. The highest BCUT2D eigenvalue weighted by Gasteiger charge is 2.58. The zero-order valence-corrected chi connectivity index (χ0v) is 29.3. The van der Waals surface area contributed by atoms with Gasteiger partial charge in [0.05, 0.1) is 22.9 Å². The summed E-state index contributed by atoms with van der Waals surface area (Å²) in [5.41, 5.74) is 0.548. The molecule has 0 aromatic carbocycles. The predicted octanol–water partition coefficient (Wildman–Crippen LogP) is 6.16. The van der Waals surface area contributed by atoms with Gasteiger partial charge in [0.2, 0.25) is 0 Å². The Kier molecular flexibility index (Phi) is 11.5. The molecule has 5 atom stereocenters. The van der Waals surface area contributed by atoms with Gasteiger partial charge in [0.1, 0.15) is 17.5 Å². The maximum atomic E-state index is 12.5. The first-order valence-corrected chi connectivity index (χ1v) is 16.1. The number of ether oxygens (including phenoxy) is 2. The van der Waals surface area contributed by atoms with Crippen LogP contribution in [0, 0.1) is 10.8 Å². The van der Waals surface area contributed by atoms with Crippen LogP contribution in [0.15, 0.2) is 101 Å². The van der Waals surface area contributed by atoms with Crippen molar-refractivity contribution in [3.05, 3.63) is 101 Å². The summed E-state index contributed by atoms with van der Waals surface area (Å²) in [4.78, 5) is 23.9. The quantitative estimate of drug-likeness (QED) is 0.140. The molecule has 0 bridgehead atoms. The lowest BCUT2D eigenvalue weighted by Crippen LogP contribution is -2.65. The van der Waals surface area contributed by atoms with Crippen molar-refractivity contribution in [1.82, 2.24) is 0 Å². The molecule has 0 aromatic rings. The van der Waals surface area contributed by atoms with Crippen LogP contribution in [0.25, 0.3) is 0 Å². The van der Waals surface area contributed by atoms with Crippen LogP contribution < -0.4 is 0 Å². The van der Waals surface area contributed by atoms with Gasteiger partial charge in [0, 0.05) is 30.8 Å². The Hall–Kier alpha value is -3.52. The zero-order valence-electron chi connectivity index (χ0n) is 29.3. The maximum Gasteiger partial charge on any atom is 0.343 e. The van der Waals surface area contributed by atoms with E-state index in [0.717, 1.165) is 16.7 Å². The molecule has 1 heterocycles. The van der Waals surface area contributed by atoms with Gasteiger partial charge in [-0.25, -0.2) is 4.79 Å². The molecule has 0 radical (unpaired) electrons. The van der Waals surface area contributed by atoms with Crippen LogP contribution in [0.2, 0.25) is 0 Å².